The van der Waals surface area contributed by atoms with E-state index in [4.69, 9.17) is 54.2 Å². The molecule has 0 bridgehead atoms. The number of nitrogens with two attached hydrogens (primary N) is 2. The predicted molar refractivity (Wildman–Crippen MR) is 241 cm³/mol. The van der Waals surface area contributed by atoms with E-state index in [1.54, 1.807) is 20.8 Å². The number of carbonyl (C=O) groups excluding carboxylic acids is 6. The van der Waals surface area contributed by atoms with E-state index in [9.17, 15) is 28.8 Å². The highest BCUT2D eigenvalue weighted by Crippen LogP contribution is 2.07. The van der Waals surface area contributed by atoms with Crippen LogP contribution in [-0.2, 0) is 71.5 Å². The van der Waals surface area contributed by atoms with E-state index in [-0.39, 0.29) is 73.1 Å². The Balaban J connectivity index is 3.47. The standard InChI is InChI=1S/C43H81N7O15/c1-35(42(44)55)8-4-6-14-46-39(52)12-18-57-22-26-61-30-32-63-28-24-59-20-16-48-38(51)11-10-37(3)50-65-34-41(54)49-17-21-60-25-29-64-33-31-62-27-23-58-19-13-40(53)47-15-7-5-9-36(2)43(45)56/h35-36H,4-34H2,1-3H3,(H2,44,55)(H2,45,56)(H,46,52)(H,47,53)(H,48,51)(H,49,54)/b50-37+/t35-,36-/m0/s1. The lowest BCUT2D eigenvalue weighted by molar-refractivity contribution is -0.126. The predicted octanol–water partition coefficient (Wildman–Crippen LogP) is 0.120. The number of nitrogens with zero attached hydrogens (tertiary/aromatic N) is 1. The number of hydrogen-bond donors (Lipinski definition) is 6. The molecule has 0 aromatic rings. The minimum atomic E-state index is -0.349. The molecule has 0 heterocycles. The van der Waals surface area contributed by atoms with Crippen LogP contribution in [0.1, 0.15) is 85.0 Å². The van der Waals surface area contributed by atoms with Gasteiger partial charge in [0.1, 0.15) is 0 Å². The van der Waals surface area contributed by atoms with Crippen LogP contribution in [0, 0.1) is 11.8 Å². The van der Waals surface area contributed by atoms with Gasteiger partial charge in [0.25, 0.3) is 5.91 Å². The molecule has 0 saturated carbocycles. The Morgan fingerprint density at radius 3 is 1.12 bits per heavy atom. The van der Waals surface area contributed by atoms with E-state index in [0.717, 1.165) is 38.5 Å². The van der Waals surface area contributed by atoms with Crippen molar-refractivity contribution in [3.8, 4) is 0 Å². The zero-order valence-corrected chi connectivity index (χ0v) is 39.3. The van der Waals surface area contributed by atoms with Gasteiger partial charge in [-0.3, -0.25) is 28.8 Å². The van der Waals surface area contributed by atoms with E-state index >= 15 is 0 Å². The van der Waals surface area contributed by atoms with Crippen LogP contribution >= 0.6 is 0 Å². The van der Waals surface area contributed by atoms with Gasteiger partial charge < -0.3 is 75.5 Å². The highest BCUT2D eigenvalue weighted by molar-refractivity contribution is 5.86. The summed E-state index contributed by atoms with van der Waals surface area (Å²) in [5.41, 5.74) is 11.0. The van der Waals surface area contributed by atoms with Crippen LogP contribution in [0.2, 0.25) is 0 Å². The molecule has 0 saturated heterocycles. The molecule has 22 heteroatoms. The number of oxime groups is 1. The van der Waals surface area contributed by atoms with E-state index < -0.39 is 0 Å². The normalized spacial score (nSPS) is 12.3. The van der Waals surface area contributed by atoms with Gasteiger partial charge in [-0.1, -0.05) is 31.8 Å². The Morgan fingerprint density at radius 2 is 0.738 bits per heavy atom. The van der Waals surface area contributed by atoms with Crippen molar-refractivity contribution in [2.24, 2.45) is 28.5 Å². The molecule has 65 heavy (non-hydrogen) atoms. The quantitative estimate of drug-likeness (QED) is 0.0268. The highest BCUT2D eigenvalue weighted by Gasteiger charge is 2.10. The molecule has 0 aromatic carbocycles. The molecule has 0 radical (unpaired) electrons. The number of amides is 6. The van der Waals surface area contributed by atoms with Gasteiger partial charge in [-0.25, -0.2) is 0 Å². The Labute approximate surface area is 385 Å². The third-order valence-electron chi connectivity index (χ3n) is 9.19. The molecular weight excluding hydrogens is 855 g/mol. The van der Waals surface area contributed by atoms with Gasteiger partial charge in [-0.2, -0.15) is 0 Å². The number of nitrogens with one attached hydrogen (secondary N) is 4. The van der Waals surface area contributed by atoms with E-state index in [1.165, 1.54) is 0 Å². The Bertz CT molecular complexity index is 1280. The molecule has 0 rings (SSSR count). The fourth-order valence-corrected chi connectivity index (χ4v) is 5.13. The van der Waals surface area contributed by atoms with Crippen molar-refractivity contribution in [3.63, 3.8) is 0 Å². The molecule has 0 aliphatic rings. The molecular formula is C43H81N7O15. The molecule has 378 valence electrons. The first-order valence-corrected chi connectivity index (χ1v) is 22.8. The van der Waals surface area contributed by atoms with Crippen molar-refractivity contribution in [3.05, 3.63) is 0 Å². The minimum absolute atomic E-state index is 0.0767. The van der Waals surface area contributed by atoms with Crippen LogP contribution in [0.25, 0.3) is 0 Å². The first kappa shape index (κ1) is 61.0. The summed E-state index contributed by atoms with van der Waals surface area (Å²) in [4.78, 5) is 74.8. The maximum atomic E-state index is 12.1. The molecule has 6 amide bonds. The van der Waals surface area contributed by atoms with Crippen molar-refractivity contribution in [1.29, 1.82) is 0 Å². The average molecular weight is 936 g/mol. The van der Waals surface area contributed by atoms with Gasteiger partial charge in [-0.05, 0) is 39.0 Å². The van der Waals surface area contributed by atoms with Crippen molar-refractivity contribution in [1.82, 2.24) is 21.3 Å². The zero-order chi connectivity index (χ0) is 48.0. The number of rotatable bonds is 48. The molecule has 2 atom stereocenters. The van der Waals surface area contributed by atoms with Gasteiger partial charge in [0, 0.05) is 57.3 Å². The van der Waals surface area contributed by atoms with Crippen LogP contribution in [0.4, 0.5) is 0 Å². The lowest BCUT2D eigenvalue weighted by atomic mass is 10.0. The summed E-state index contributed by atoms with van der Waals surface area (Å²) in [5.74, 6) is -1.56. The van der Waals surface area contributed by atoms with E-state index in [2.05, 4.69) is 26.4 Å². The Hall–Kier alpha value is -4.03. The Morgan fingerprint density at radius 1 is 0.415 bits per heavy atom. The summed E-state index contributed by atoms with van der Waals surface area (Å²) in [6, 6.07) is 0. The second-order valence-electron chi connectivity index (χ2n) is 15.0. The molecule has 0 unspecified atom stereocenters. The number of carbonyl (C=O) groups is 6. The minimum Gasteiger partial charge on any atom is -0.386 e. The molecule has 0 aliphatic heterocycles. The van der Waals surface area contributed by atoms with Gasteiger partial charge in [0.2, 0.25) is 29.5 Å². The summed E-state index contributed by atoms with van der Waals surface area (Å²) in [7, 11) is 0. The summed E-state index contributed by atoms with van der Waals surface area (Å²) in [6.07, 6.45) is 5.81. The van der Waals surface area contributed by atoms with Gasteiger partial charge >= 0.3 is 0 Å². The first-order chi connectivity index (χ1) is 31.4. The average Bonchev–Trinajstić information content (AvgIpc) is 3.27. The van der Waals surface area contributed by atoms with E-state index in [0.29, 0.717) is 144 Å². The van der Waals surface area contributed by atoms with E-state index in [1.807, 2.05) is 0 Å². The van der Waals surface area contributed by atoms with Crippen molar-refractivity contribution >= 4 is 41.2 Å². The summed E-state index contributed by atoms with van der Waals surface area (Å²) in [6.45, 7) is 12.7. The van der Waals surface area contributed by atoms with Crippen LogP contribution in [0.3, 0.4) is 0 Å². The van der Waals surface area contributed by atoms with Gasteiger partial charge in [0.05, 0.1) is 111 Å². The molecule has 0 aliphatic carbocycles. The second-order valence-corrected chi connectivity index (χ2v) is 15.0. The third kappa shape index (κ3) is 44.9. The number of ether oxygens (including phenoxy) is 8. The number of unbranched alkanes of at least 4 members (excludes halogenated alkanes) is 2. The summed E-state index contributed by atoms with van der Waals surface area (Å²) >= 11 is 0. The first-order valence-electron chi connectivity index (χ1n) is 22.8. The number of primary amides is 2. The van der Waals surface area contributed by atoms with Crippen LogP contribution in [0.5, 0.6) is 0 Å². The third-order valence-corrected chi connectivity index (χ3v) is 9.19. The topological polar surface area (TPSA) is 298 Å². The van der Waals surface area contributed by atoms with Crippen LogP contribution in [0.15, 0.2) is 5.16 Å². The summed E-state index contributed by atoms with van der Waals surface area (Å²) < 4.78 is 43.5. The highest BCUT2D eigenvalue weighted by atomic mass is 16.6. The molecule has 8 N–H and O–H groups in total. The largest absolute Gasteiger partial charge is 0.386 e. The van der Waals surface area contributed by atoms with Crippen molar-refractivity contribution < 1.29 is 71.5 Å². The molecule has 0 aromatic heterocycles. The smallest absolute Gasteiger partial charge is 0.260 e. The number of hydrogen-bond acceptors (Lipinski definition) is 16. The van der Waals surface area contributed by atoms with Gasteiger partial charge in [-0.15, -0.1) is 0 Å². The van der Waals surface area contributed by atoms with Crippen molar-refractivity contribution in [2.75, 3.05) is 138 Å². The van der Waals surface area contributed by atoms with Crippen LogP contribution in [-0.4, -0.2) is 180 Å². The summed E-state index contributed by atoms with van der Waals surface area (Å²) in [5, 5.41) is 15.0. The van der Waals surface area contributed by atoms with Crippen LogP contribution < -0.4 is 32.7 Å². The monoisotopic (exact) mass is 936 g/mol. The van der Waals surface area contributed by atoms with Gasteiger partial charge in [0.15, 0.2) is 6.61 Å². The maximum Gasteiger partial charge on any atom is 0.260 e. The lowest BCUT2D eigenvalue weighted by Crippen LogP contribution is -2.30. The lowest BCUT2D eigenvalue weighted by Gasteiger charge is -2.09. The molecule has 0 fully saturated rings. The van der Waals surface area contributed by atoms with Crippen molar-refractivity contribution in [2.45, 2.75) is 85.0 Å². The molecule has 0 spiro atoms. The Kier molecular flexibility index (Phi) is 42.3. The second kappa shape index (κ2) is 45.1. The molecule has 22 nitrogen and oxygen atoms in total. The fraction of sp³-hybridized carbons (Fsp3) is 0.837. The maximum absolute atomic E-state index is 12.1. The zero-order valence-electron chi connectivity index (χ0n) is 39.3. The SMILES string of the molecule is C/C(CCC(=O)NCCOCCOCCOCCOCCC(=O)NCCCC[C@H](C)C(N)=O)=N\OCC(=O)NCCOCCOCCOCCOCCC(=O)NCCCC[C@H](C)C(N)=O. The fourth-order valence-electron chi connectivity index (χ4n) is 5.13.